The second-order valence-electron chi connectivity index (χ2n) is 6.61. The lowest BCUT2D eigenvalue weighted by Crippen LogP contribution is -2.06. The van der Waals surface area contributed by atoms with Crippen molar-refractivity contribution < 1.29 is 26.3 Å². The molecular weight excluding hydrogens is 463 g/mol. The Morgan fingerprint density at radius 2 is 1.75 bits per heavy atom. The molecule has 32 heavy (non-hydrogen) atoms. The normalized spacial score (nSPS) is 12.3. The molecule has 3 aromatic rings. The number of benzene rings is 3. The van der Waals surface area contributed by atoms with Gasteiger partial charge in [0.1, 0.15) is 23.3 Å². The van der Waals surface area contributed by atoms with Gasteiger partial charge in [0.15, 0.2) is 0 Å². The summed E-state index contributed by atoms with van der Waals surface area (Å²) in [6.07, 6.45) is -3.37. The van der Waals surface area contributed by atoms with E-state index >= 15 is 0 Å². The van der Waals surface area contributed by atoms with Crippen LogP contribution in [0.25, 0.3) is 6.08 Å². The lowest BCUT2D eigenvalue weighted by molar-refractivity contribution is -0.137. The number of alkyl halides is 3. The Labute approximate surface area is 188 Å². The molecule has 3 rings (SSSR count). The molecule has 9 heteroatoms. The predicted octanol–water partition coefficient (Wildman–Crippen LogP) is 6.28. The monoisotopic (exact) mass is 477 g/mol. The molecule has 0 heterocycles. The highest BCUT2D eigenvalue weighted by Gasteiger charge is 2.30. The van der Waals surface area contributed by atoms with Crippen molar-refractivity contribution in [3.05, 3.63) is 99.4 Å². The zero-order chi connectivity index (χ0) is 23.4. The minimum absolute atomic E-state index is 0.0544. The first kappa shape index (κ1) is 23.4. The molecule has 0 radical (unpaired) electrons. The first-order valence-electron chi connectivity index (χ1n) is 9.11. The summed E-state index contributed by atoms with van der Waals surface area (Å²) in [6, 6.07) is 18.1. The van der Waals surface area contributed by atoms with E-state index in [0.717, 1.165) is 18.2 Å². The first-order chi connectivity index (χ1) is 15.1. The summed E-state index contributed by atoms with van der Waals surface area (Å²) < 4.78 is 70.0. The van der Waals surface area contributed by atoms with Crippen LogP contribution < -0.4 is 4.74 Å². The van der Waals surface area contributed by atoms with E-state index in [1.54, 1.807) is 12.1 Å². The van der Waals surface area contributed by atoms with Gasteiger partial charge in [-0.2, -0.15) is 18.4 Å². The number of nitrogens with zero attached hydrogens (tertiary/aromatic N) is 1. The van der Waals surface area contributed by atoms with Crippen molar-refractivity contribution in [1.29, 1.82) is 5.26 Å². The molecule has 0 fully saturated rings. The minimum Gasteiger partial charge on any atom is -0.488 e. The quantitative estimate of drug-likeness (QED) is 0.392. The largest absolute Gasteiger partial charge is 0.488 e. The summed E-state index contributed by atoms with van der Waals surface area (Å²) in [5.74, 6) is 0.155. The molecule has 0 unspecified atom stereocenters. The van der Waals surface area contributed by atoms with Crippen molar-refractivity contribution in [2.75, 3.05) is 0 Å². The van der Waals surface area contributed by atoms with Crippen molar-refractivity contribution >= 4 is 27.5 Å². The van der Waals surface area contributed by atoms with Gasteiger partial charge in [-0.15, -0.1) is 0 Å². The van der Waals surface area contributed by atoms with E-state index in [4.69, 9.17) is 16.3 Å². The molecule has 0 aromatic heterocycles. The molecule has 0 atom stereocenters. The third kappa shape index (κ3) is 5.49. The van der Waals surface area contributed by atoms with Crippen LogP contribution in [0, 0.1) is 11.3 Å². The third-order valence-electron chi connectivity index (χ3n) is 4.36. The summed E-state index contributed by atoms with van der Waals surface area (Å²) >= 11 is 6.02. The van der Waals surface area contributed by atoms with Crippen molar-refractivity contribution in [3.63, 3.8) is 0 Å². The van der Waals surface area contributed by atoms with Gasteiger partial charge in [-0.1, -0.05) is 41.9 Å². The molecule has 164 valence electrons. The number of rotatable bonds is 6. The van der Waals surface area contributed by atoms with E-state index in [2.05, 4.69) is 0 Å². The van der Waals surface area contributed by atoms with Crippen LogP contribution in [0.2, 0.25) is 5.02 Å². The number of ether oxygens (including phenoxy) is 1. The molecule has 4 nitrogen and oxygen atoms in total. The van der Waals surface area contributed by atoms with E-state index in [-0.39, 0.29) is 33.4 Å². The van der Waals surface area contributed by atoms with Gasteiger partial charge in [0, 0.05) is 10.6 Å². The van der Waals surface area contributed by atoms with E-state index in [1.807, 2.05) is 0 Å². The second-order valence-corrected chi connectivity index (χ2v) is 8.96. The minimum atomic E-state index is -4.49. The Bertz CT molecular complexity index is 1300. The van der Waals surface area contributed by atoms with Gasteiger partial charge in [0.05, 0.1) is 10.5 Å². The maximum Gasteiger partial charge on any atom is 0.416 e. The zero-order valence-corrected chi connectivity index (χ0v) is 17.9. The van der Waals surface area contributed by atoms with Crippen LogP contribution in [-0.2, 0) is 22.6 Å². The summed E-state index contributed by atoms with van der Waals surface area (Å²) in [7, 11) is -4.09. The average Bonchev–Trinajstić information content (AvgIpc) is 2.77. The Hall–Kier alpha value is -3.28. The fraction of sp³-hybridized carbons (Fsp3) is 0.0870. The average molecular weight is 478 g/mol. The van der Waals surface area contributed by atoms with Crippen LogP contribution in [0.1, 0.15) is 16.7 Å². The molecule has 0 saturated heterocycles. The Morgan fingerprint density at radius 1 is 1.03 bits per heavy atom. The molecule has 0 bridgehead atoms. The summed E-state index contributed by atoms with van der Waals surface area (Å²) in [6.45, 7) is -0.209. The van der Waals surface area contributed by atoms with Crippen molar-refractivity contribution in [1.82, 2.24) is 0 Å². The summed E-state index contributed by atoms with van der Waals surface area (Å²) in [4.78, 5) is -0.587. The number of sulfone groups is 1. The maximum atomic E-state index is 12.9. The Morgan fingerprint density at radius 3 is 2.41 bits per heavy atom. The maximum absolute atomic E-state index is 12.9. The fourth-order valence-corrected chi connectivity index (χ4v) is 4.15. The highest BCUT2D eigenvalue weighted by Crippen LogP contribution is 2.31. The van der Waals surface area contributed by atoms with Gasteiger partial charge < -0.3 is 4.74 Å². The Kier molecular flexibility index (Phi) is 6.92. The van der Waals surface area contributed by atoms with Crippen LogP contribution in [0.5, 0.6) is 5.75 Å². The molecule has 0 spiro atoms. The van der Waals surface area contributed by atoms with E-state index in [1.165, 1.54) is 54.6 Å². The van der Waals surface area contributed by atoms with Crippen LogP contribution in [0.15, 0.2) is 82.6 Å². The van der Waals surface area contributed by atoms with Crippen molar-refractivity contribution in [2.45, 2.75) is 17.7 Å². The molecular formula is C23H15ClF3NO3S. The molecule has 0 N–H and O–H groups in total. The lowest BCUT2D eigenvalue weighted by Gasteiger charge is -2.12. The van der Waals surface area contributed by atoms with Crippen LogP contribution in [0.3, 0.4) is 0 Å². The highest BCUT2D eigenvalue weighted by molar-refractivity contribution is 7.95. The van der Waals surface area contributed by atoms with Gasteiger partial charge in [0.2, 0.25) is 9.84 Å². The summed E-state index contributed by atoms with van der Waals surface area (Å²) in [5, 5.41) is 9.74. The molecule has 0 aliphatic heterocycles. The number of nitriles is 1. The van der Waals surface area contributed by atoms with Gasteiger partial charge >= 0.3 is 6.18 Å². The van der Waals surface area contributed by atoms with Gasteiger partial charge in [-0.25, -0.2) is 8.42 Å². The standard InChI is InChI=1S/C23H15ClF3NO3S/c24-19-9-10-22(31-15-16-5-4-6-18(11-16)23(25,26)27)17(12-19)13-21(14-28)32(29,30)20-7-2-1-3-8-20/h1-13H,15H2/b21-13-. The second kappa shape index (κ2) is 9.47. The van der Waals surface area contributed by atoms with Gasteiger partial charge in [-0.3, -0.25) is 0 Å². The van der Waals surface area contributed by atoms with Gasteiger partial charge in [0.25, 0.3) is 0 Å². The van der Waals surface area contributed by atoms with Crippen LogP contribution in [0.4, 0.5) is 13.2 Å². The highest BCUT2D eigenvalue weighted by atomic mass is 35.5. The molecule has 3 aromatic carbocycles. The topological polar surface area (TPSA) is 67.2 Å². The van der Waals surface area contributed by atoms with Crippen LogP contribution >= 0.6 is 11.6 Å². The summed E-state index contributed by atoms with van der Waals surface area (Å²) in [5.41, 5.74) is -0.349. The number of hydrogen-bond donors (Lipinski definition) is 0. The Balaban J connectivity index is 1.94. The first-order valence-corrected chi connectivity index (χ1v) is 11.0. The molecule has 0 aliphatic carbocycles. The van der Waals surface area contributed by atoms with Gasteiger partial charge in [-0.05, 0) is 54.1 Å². The molecule has 0 aliphatic rings. The third-order valence-corrected chi connectivity index (χ3v) is 6.28. The predicted molar refractivity (Wildman–Crippen MR) is 114 cm³/mol. The number of halogens is 4. The van der Waals surface area contributed by atoms with Crippen molar-refractivity contribution in [2.24, 2.45) is 0 Å². The van der Waals surface area contributed by atoms with E-state index in [0.29, 0.717) is 0 Å². The molecule has 0 saturated carbocycles. The lowest BCUT2D eigenvalue weighted by atomic mass is 10.1. The SMILES string of the molecule is N#C/C(=C/c1cc(Cl)ccc1OCc1cccc(C(F)(F)F)c1)S(=O)(=O)c1ccccc1. The number of allylic oxidation sites excluding steroid dienone is 1. The fourth-order valence-electron chi connectivity index (χ4n) is 2.80. The van der Waals surface area contributed by atoms with Crippen molar-refractivity contribution in [3.8, 4) is 11.8 Å². The van der Waals surface area contributed by atoms with E-state index < -0.39 is 26.5 Å². The molecule has 0 amide bonds. The number of hydrogen-bond acceptors (Lipinski definition) is 4. The smallest absolute Gasteiger partial charge is 0.416 e. The van der Waals surface area contributed by atoms with Crippen LogP contribution in [-0.4, -0.2) is 8.42 Å². The zero-order valence-electron chi connectivity index (χ0n) is 16.3. The van der Waals surface area contributed by atoms with E-state index in [9.17, 15) is 26.9 Å².